The minimum Gasteiger partial charge on any atom is -0.324 e. The first-order valence-corrected chi connectivity index (χ1v) is 8.26. The van der Waals surface area contributed by atoms with E-state index in [0.717, 1.165) is 16.1 Å². The molecule has 25 heavy (non-hydrogen) atoms. The molecule has 9 heteroatoms. The Balaban J connectivity index is 1.75. The number of carbonyl (C=O) groups is 1. The van der Waals surface area contributed by atoms with Crippen molar-refractivity contribution in [2.45, 2.75) is 13.5 Å². The van der Waals surface area contributed by atoms with Gasteiger partial charge in [-0.3, -0.25) is 24.6 Å². The summed E-state index contributed by atoms with van der Waals surface area (Å²) in [6.45, 7) is 1.97. The van der Waals surface area contributed by atoms with Gasteiger partial charge in [-0.2, -0.15) is 5.10 Å². The fourth-order valence-corrected chi connectivity index (χ4v) is 2.86. The molecular weight excluding hydrogens is 390 g/mol. The van der Waals surface area contributed by atoms with Crippen molar-refractivity contribution in [3.8, 4) is 0 Å². The van der Waals surface area contributed by atoms with Gasteiger partial charge < -0.3 is 5.32 Å². The summed E-state index contributed by atoms with van der Waals surface area (Å²) in [5.41, 5.74) is 1.20. The van der Waals surface area contributed by atoms with Crippen LogP contribution in [0.15, 0.2) is 47.3 Å². The number of nitrogens with one attached hydrogen (secondary N) is 1. The minimum atomic E-state index is -0.520. The van der Waals surface area contributed by atoms with Crippen molar-refractivity contribution >= 4 is 44.1 Å². The maximum absolute atomic E-state index is 12.5. The number of rotatable bonds is 5. The lowest BCUT2D eigenvalue weighted by Gasteiger charge is -2.13. The van der Waals surface area contributed by atoms with Crippen LogP contribution in [0.2, 0.25) is 0 Å². The first-order valence-electron chi connectivity index (χ1n) is 7.46. The number of carbonyl (C=O) groups excluding carboxylic acids is 1. The Labute approximate surface area is 151 Å². The van der Waals surface area contributed by atoms with Crippen molar-refractivity contribution in [2.24, 2.45) is 5.92 Å². The molecule has 0 aliphatic rings. The molecule has 0 radical (unpaired) electrons. The van der Waals surface area contributed by atoms with Gasteiger partial charge in [-0.25, -0.2) is 0 Å². The number of nitrogens with zero attached hydrogens (tertiary/aromatic N) is 4. The van der Waals surface area contributed by atoms with Crippen LogP contribution in [0.5, 0.6) is 0 Å². The molecule has 128 valence electrons. The number of benzene rings is 1. The van der Waals surface area contributed by atoms with E-state index in [1.807, 2.05) is 18.2 Å². The van der Waals surface area contributed by atoms with E-state index in [9.17, 15) is 14.9 Å². The molecule has 1 unspecified atom stereocenters. The third-order valence-electron chi connectivity index (χ3n) is 3.71. The molecule has 2 heterocycles. The summed E-state index contributed by atoms with van der Waals surface area (Å²) in [4.78, 5) is 27.0. The molecule has 0 fully saturated rings. The Morgan fingerprint density at radius 3 is 2.96 bits per heavy atom. The van der Waals surface area contributed by atoms with E-state index in [4.69, 9.17) is 0 Å². The minimum absolute atomic E-state index is 0.101. The summed E-state index contributed by atoms with van der Waals surface area (Å²) in [5, 5.41) is 18.4. The summed E-state index contributed by atoms with van der Waals surface area (Å²) >= 11 is 3.47. The molecule has 0 aliphatic heterocycles. The number of anilines is 1. The molecular formula is C16H14BrN5O3. The van der Waals surface area contributed by atoms with Gasteiger partial charge in [0.05, 0.1) is 28.6 Å². The van der Waals surface area contributed by atoms with Gasteiger partial charge in [-0.15, -0.1) is 0 Å². The van der Waals surface area contributed by atoms with Crippen LogP contribution in [0, 0.1) is 16.0 Å². The molecule has 3 rings (SSSR count). The summed E-state index contributed by atoms with van der Waals surface area (Å²) < 4.78 is 2.28. The predicted molar refractivity (Wildman–Crippen MR) is 96.1 cm³/mol. The highest BCUT2D eigenvalue weighted by Gasteiger charge is 2.18. The Morgan fingerprint density at radius 1 is 1.44 bits per heavy atom. The van der Waals surface area contributed by atoms with Gasteiger partial charge in [-0.05, 0) is 18.2 Å². The lowest BCUT2D eigenvalue weighted by atomic mass is 10.1. The molecule has 1 aromatic carbocycles. The average Bonchev–Trinajstić information content (AvgIpc) is 3.06. The largest absolute Gasteiger partial charge is 0.324 e. The molecule has 1 N–H and O–H groups in total. The van der Waals surface area contributed by atoms with Crippen LogP contribution in [0.4, 0.5) is 11.4 Å². The standard InChI is InChI=1S/C16H14BrN5O3/c1-10(8-21-9-11(7-19-21)22(24)25)16(23)20-14-5-4-13(17)12-3-2-6-18-15(12)14/h2-7,9-10H,8H2,1H3,(H,20,23). The smallest absolute Gasteiger partial charge is 0.306 e. The molecule has 0 saturated carbocycles. The number of hydrogen-bond donors (Lipinski definition) is 1. The van der Waals surface area contributed by atoms with E-state index < -0.39 is 10.8 Å². The van der Waals surface area contributed by atoms with E-state index >= 15 is 0 Å². The highest BCUT2D eigenvalue weighted by atomic mass is 79.9. The van der Waals surface area contributed by atoms with E-state index in [2.05, 4.69) is 31.3 Å². The number of pyridine rings is 1. The first-order chi connectivity index (χ1) is 12.0. The van der Waals surface area contributed by atoms with Crippen LogP contribution in [0.1, 0.15) is 6.92 Å². The second-order valence-electron chi connectivity index (χ2n) is 5.56. The van der Waals surface area contributed by atoms with Crippen molar-refractivity contribution in [1.29, 1.82) is 0 Å². The summed E-state index contributed by atoms with van der Waals surface area (Å²) in [6, 6.07) is 7.37. The highest BCUT2D eigenvalue weighted by Crippen LogP contribution is 2.28. The predicted octanol–water partition coefficient (Wildman–Crippen LogP) is 3.38. The number of hydrogen-bond acceptors (Lipinski definition) is 5. The van der Waals surface area contributed by atoms with E-state index in [1.165, 1.54) is 10.9 Å². The van der Waals surface area contributed by atoms with Crippen LogP contribution in [-0.2, 0) is 11.3 Å². The van der Waals surface area contributed by atoms with Gasteiger partial charge in [0.25, 0.3) is 0 Å². The van der Waals surface area contributed by atoms with Gasteiger partial charge in [0.2, 0.25) is 5.91 Å². The summed E-state index contributed by atoms with van der Waals surface area (Å²) in [6.07, 6.45) is 4.13. The normalized spacial score (nSPS) is 12.1. The number of halogens is 1. The van der Waals surface area contributed by atoms with Crippen molar-refractivity contribution in [3.63, 3.8) is 0 Å². The maximum atomic E-state index is 12.5. The molecule has 2 aromatic heterocycles. The van der Waals surface area contributed by atoms with Crippen molar-refractivity contribution in [1.82, 2.24) is 14.8 Å². The topological polar surface area (TPSA) is 103 Å². The van der Waals surface area contributed by atoms with E-state index in [0.29, 0.717) is 11.2 Å². The molecule has 0 spiro atoms. The molecule has 0 saturated heterocycles. The Bertz CT molecular complexity index is 956. The van der Waals surface area contributed by atoms with E-state index in [-0.39, 0.29) is 18.1 Å². The maximum Gasteiger partial charge on any atom is 0.306 e. The number of amides is 1. The quantitative estimate of drug-likeness (QED) is 0.519. The zero-order valence-electron chi connectivity index (χ0n) is 13.2. The fourth-order valence-electron chi connectivity index (χ4n) is 2.40. The molecule has 3 aromatic rings. The number of nitro groups is 1. The Morgan fingerprint density at radius 2 is 2.24 bits per heavy atom. The van der Waals surface area contributed by atoms with E-state index in [1.54, 1.807) is 19.2 Å². The van der Waals surface area contributed by atoms with Gasteiger partial charge in [0.15, 0.2) is 0 Å². The zero-order chi connectivity index (χ0) is 18.0. The van der Waals surface area contributed by atoms with Crippen LogP contribution >= 0.6 is 15.9 Å². The van der Waals surface area contributed by atoms with Crippen molar-refractivity contribution in [2.75, 3.05) is 5.32 Å². The van der Waals surface area contributed by atoms with Gasteiger partial charge >= 0.3 is 5.69 Å². The molecule has 8 nitrogen and oxygen atoms in total. The number of fused-ring (bicyclic) bond motifs is 1. The third-order valence-corrected chi connectivity index (χ3v) is 4.40. The van der Waals surface area contributed by atoms with Crippen molar-refractivity contribution in [3.05, 3.63) is 57.4 Å². The monoisotopic (exact) mass is 403 g/mol. The number of aromatic nitrogens is 3. The Kier molecular flexibility index (Phi) is 4.75. The zero-order valence-corrected chi connectivity index (χ0v) is 14.8. The van der Waals surface area contributed by atoms with Crippen LogP contribution < -0.4 is 5.32 Å². The fraction of sp³-hybridized carbons (Fsp3) is 0.188. The van der Waals surface area contributed by atoms with Crippen molar-refractivity contribution < 1.29 is 9.72 Å². The first kappa shape index (κ1) is 17.0. The van der Waals surface area contributed by atoms with Gasteiger partial charge in [-0.1, -0.05) is 28.9 Å². The molecule has 1 atom stereocenters. The molecule has 0 aliphatic carbocycles. The lowest BCUT2D eigenvalue weighted by Crippen LogP contribution is -2.24. The second kappa shape index (κ2) is 6.98. The Hall–Kier alpha value is -2.81. The molecule has 1 amide bonds. The summed E-state index contributed by atoms with van der Waals surface area (Å²) in [7, 11) is 0. The SMILES string of the molecule is CC(Cn1cc([N+](=O)[O-])cn1)C(=O)Nc1ccc(Br)c2cccnc12. The third kappa shape index (κ3) is 3.66. The van der Waals surface area contributed by atoms with Gasteiger partial charge in [0.1, 0.15) is 12.4 Å². The second-order valence-corrected chi connectivity index (χ2v) is 6.42. The van der Waals surface area contributed by atoms with Crippen LogP contribution in [-0.4, -0.2) is 25.6 Å². The molecule has 0 bridgehead atoms. The highest BCUT2D eigenvalue weighted by molar-refractivity contribution is 9.10. The summed E-state index contributed by atoms with van der Waals surface area (Å²) in [5.74, 6) is -0.644. The average molecular weight is 404 g/mol. The van der Waals surface area contributed by atoms with Gasteiger partial charge in [0, 0.05) is 16.1 Å². The van der Waals surface area contributed by atoms with Crippen LogP contribution in [0.25, 0.3) is 10.9 Å². The van der Waals surface area contributed by atoms with Crippen LogP contribution in [0.3, 0.4) is 0 Å². The lowest BCUT2D eigenvalue weighted by molar-refractivity contribution is -0.385.